The van der Waals surface area contributed by atoms with Crippen LogP contribution in [0.15, 0.2) is 12.1 Å². The molecule has 2 unspecified atom stereocenters. The second-order valence-corrected chi connectivity index (χ2v) is 5.59. The van der Waals surface area contributed by atoms with Crippen molar-refractivity contribution in [1.82, 2.24) is 10.2 Å². The maximum Gasteiger partial charge on any atom is 0.236 e. The molecule has 0 aliphatic carbocycles. The zero-order valence-electron chi connectivity index (χ0n) is 12.6. The molecule has 0 spiro atoms. The van der Waals surface area contributed by atoms with E-state index in [1.807, 2.05) is 6.92 Å². The van der Waals surface area contributed by atoms with Gasteiger partial charge in [-0.15, -0.1) is 0 Å². The van der Waals surface area contributed by atoms with E-state index in [1.54, 1.807) is 7.05 Å². The summed E-state index contributed by atoms with van der Waals surface area (Å²) in [6.07, 6.45) is 1.03. The van der Waals surface area contributed by atoms with Gasteiger partial charge in [0.2, 0.25) is 5.91 Å². The average Bonchev–Trinajstić information content (AvgIpc) is 2.40. The standard InChI is InChI=1S/C16H24N2O/c1-10-8-14-6-7-18(13(4)16(19)17-5)12(3)15(14)9-11(10)2/h8-9,12-13H,6-7H2,1-5H3,(H,17,19). The molecule has 0 saturated heterocycles. The Hall–Kier alpha value is -1.35. The minimum absolute atomic E-state index is 0.0743. The number of amides is 1. The molecule has 0 aromatic heterocycles. The van der Waals surface area contributed by atoms with Gasteiger partial charge in [-0.2, -0.15) is 0 Å². The summed E-state index contributed by atoms with van der Waals surface area (Å²) in [5.41, 5.74) is 5.51. The van der Waals surface area contributed by atoms with Gasteiger partial charge in [-0.25, -0.2) is 0 Å². The van der Waals surface area contributed by atoms with Crippen molar-refractivity contribution in [1.29, 1.82) is 0 Å². The lowest BCUT2D eigenvalue weighted by atomic mass is 9.89. The maximum absolute atomic E-state index is 11.8. The Kier molecular flexibility index (Phi) is 3.95. The summed E-state index contributed by atoms with van der Waals surface area (Å²) >= 11 is 0. The smallest absolute Gasteiger partial charge is 0.236 e. The number of hydrogen-bond acceptors (Lipinski definition) is 2. The van der Waals surface area contributed by atoms with E-state index < -0.39 is 0 Å². The van der Waals surface area contributed by atoms with Gasteiger partial charge in [0.15, 0.2) is 0 Å². The van der Waals surface area contributed by atoms with Gasteiger partial charge >= 0.3 is 0 Å². The van der Waals surface area contributed by atoms with Gasteiger partial charge in [0.25, 0.3) is 0 Å². The fourth-order valence-corrected chi connectivity index (χ4v) is 3.01. The Bertz CT molecular complexity index is 496. The first-order valence-electron chi connectivity index (χ1n) is 7.03. The highest BCUT2D eigenvalue weighted by Gasteiger charge is 2.30. The van der Waals surface area contributed by atoms with Crippen molar-refractivity contribution in [2.24, 2.45) is 0 Å². The third-order valence-corrected chi connectivity index (χ3v) is 4.47. The van der Waals surface area contributed by atoms with Crippen LogP contribution in [0.1, 0.15) is 42.1 Å². The van der Waals surface area contributed by atoms with Crippen LogP contribution < -0.4 is 5.32 Å². The Balaban J connectivity index is 2.31. The maximum atomic E-state index is 11.8. The van der Waals surface area contributed by atoms with Crippen LogP contribution in [0.2, 0.25) is 0 Å². The largest absolute Gasteiger partial charge is 0.358 e. The molecule has 3 heteroatoms. The molecule has 0 saturated carbocycles. The van der Waals surface area contributed by atoms with E-state index in [4.69, 9.17) is 0 Å². The number of nitrogens with one attached hydrogen (secondary N) is 1. The van der Waals surface area contributed by atoms with Gasteiger partial charge < -0.3 is 5.32 Å². The van der Waals surface area contributed by atoms with Gasteiger partial charge in [0, 0.05) is 19.6 Å². The van der Waals surface area contributed by atoms with E-state index in [-0.39, 0.29) is 11.9 Å². The normalized spacial score (nSPS) is 20.8. The summed E-state index contributed by atoms with van der Waals surface area (Å²) in [5, 5.41) is 2.75. The van der Waals surface area contributed by atoms with Crippen molar-refractivity contribution in [2.75, 3.05) is 13.6 Å². The Morgan fingerprint density at radius 3 is 2.63 bits per heavy atom. The van der Waals surface area contributed by atoms with E-state index in [0.29, 0.717) is 6.04 Å². The van der Waals surface area contributed by atoms with Gasteiger partial charge in [0.1, 0.15) is 0 Å². The van der Waals surface area contributed by atoms with Crippen LogP contribution in [0.4, 0.5) is 0 Å². The first kappa shape index (κ1) is 14.1. The number of benzene rings is 1. The lowest BCUT2D eigenvalue weighted by molar-refractivity contribution is -0.126. The van der Waals surface area contributed by atoms with Gasteiger partial charge in [0.05, 0.1) is 6.04 Å². The van der Waals surface area contributed by atoms with Crippen LogP contribution in [-0.4, -0.2) is 30.4 Å². The molecule has 104 valence electrons. The molecule has 19 heavy (non-hydrogen) atoms. The number of likely N-dealkylation sites (N-methyl/N-ethyl adjacent to an activating group) is 1. The molecule has 1 aromatic rings. The molecule has 1 aliphatic rings. The van der Waals surface area contributed by atoms with Crippen LogP contribution in [0.25, 0.3) is 0 Å². The molecule has 2 rings (SSSR count). The average molecular weight is 260 g/mol. The molecule has 3 nitrogen and oxygen atoms in total. The fraction of sp³-hybridized carbons (Fsp3) is 0.562. The summed E-state index contributed by atoms with van der Waals surface area (Å²) in [6.45, 7) is 9.46. The second-order valence-electron chi connectivity index (χ2n) is 5.59. The molecule has 2 atom stereocenters. The molecule has 1 heterocycles. The van der Waals surface area contributed by atoms with Crippen molar-refractivity contribution in [3.8, 4) is 0 Å². The zero-order valence-corrected chi connectivity index (χ0v) is 12.6. The number of hydrogen-bond donors (Lipinski definition) is 1. The van der Waals surface area contributed by atoms with Crippen LogP contribution in [-0.2, 0) is 11.2 Å². The Morgan fingerprint density at radius 2 is 2.00 bits per heavy atom. The van der Waals surface area contributed by atoms with E-state index in [0.717, 1.165) is 13.0 Å². The predicted molar refractivity (Wildman–Crippen MR) is 78.3 cm³/mol. The molecule has 0 fully saturated rings. The number of carbonyl (C=O) groups is 1. The molecule has 0 bridgehead atoms. The summed E-state index contributed by atoms with van der Waals surface area (Å²) in [5.74, 6) is 0.0964. The van der Waals surface area contributed by atoms with Crippen LogP contribution in [0.3, 0.4) is 0 Å². The van der Waals surface area contributed by atoms with Crippen LogP contribution in [0, 0.1) is 13.8 Å². The topological polar surface area (TPSA) is 32.3 Å². The summed E-state index contributed by atoms with van der Waals surface area (Å²) in [7, 11) is 1.70. The Labute approximate surface area is 116 Å². The van der Waals surface area contributed by atoms with Crippen molar-refractivity contribution < 1.29 is 4.79 Å². The molecule has 1 amide bonds. The van der Waals surface area contributed by atoms with Gasteiger partial charge in [-0.1, -0.05) is 12.1 Å². The fourth-order valence-electron chi connectivity index (χ4n) is 3.01. The van der Waals surface area contributed by atoms with Gasteiger partial charge in [-0.3, -0.25) is 9.69 Å². The Morgan fingerprint density at radius 1 is 1.37 bits per heavy atom. The number of rotatable bonds is 2. The lowest BCUT2D eigenvalue weighted by Gasteiger charge is -2.38. The third kappa shape index (κ3) is 2.52. The number of aryl methyl sites for hydroxylation is 2. The first-order chi connectivity index (χ1) is 8.95. The SMILES string of the molecule is CNC(=O)C(C)N1CCc2cc(C)c(C)cc2C1C. The van der Waals surface area contributed by atoms with Crippen LogP contribution >= 0.6 is 0 Å². The quantitative estimate of drug-likeness (QED) is 0.885. The van der Waals surface area contributed by atoms with E-state index in [1.165, 1.54) is 22.3 Å². The zero-order chi connectivity index (χ0) is 14.2. The van der Waals surface area contributed by atoms with E-state index >= 15 is 0 Å². The third-order valence-electron chi connectivity index (χ3n) is 4.47. The summed E-state index contributed by atoms with van der Waals surface area (Å²) < 4.78 is 0. The highest BCUT2D eigenvalue weighted by molar-refractivity contribution is 5.81. The molecular formula is C16H24N2O. The highest BCUT2D eigenvalue weighted by atomic mass is 16.2. The summed E-state index contributed by atoms with van der Waals surface area (Å²) in [4.78, 5) is 14.1. The lowest BCUT2D eigenvalue weighted by Crippen LogP contribution is -2.47. The predicted octanol–water partition coefficient (Wildman–Crippen LogP) is 2.36. The minimum Gasteiger partial charge on any atom is -0.358 e. The highest BCUT2D eigenvalue weighted by Crippen LogP contribution is 2.32. The first-order valence-corrected chi connectivity index (χ1v) is 7.03. The number of fused-ring (bicyclic) bond motifs is 1. The molecule has 0 radical (unpaired) electrons. The number of nitrogens with zero attached hydrogens (tertiary/aromatic N) is 1. The van der Waals surface area contributed by atoms with Crippen molar-refractivity contribution in [3.05, 3.63) is 34.4 Å². The van der Waals surface area contributed by atoms with Gasteiger partial charge in [-0.05, 0) is 56.4 Å². The van der Waals surface area contributed by atoms with Crippen LogP contribution in [0.5, 0.6) is 0 Å². The minimum atomic E-state index is -0.0743. The monoisotopic (exact) mass is 260 g/mol. The molecule has 1 aromatic carbocycles. The number of carbonyl (C=O) groups excluding carboxylic acids is 1. The summed E-state index contributed by atoms with van der Waals surface area (Å²) in [6, 6.07) is 4.83. The molecule has 1 aliphatic heterocycles. The van der Waals surface area contributed by atoms with E-state index in [9.17, 15) is 4.79 Å². The van der Waals surface area contributed by atoms with Crippen molar-refractivity contribution in [2.45, 2.75) is 46.2 Å². The molecular weight excluding hydrogens is 236 g/mol. The molecule has 1 N–H and O–H groups in total. The second kappa shape index (κ2) is 5.33. The van der Waals surface area contributed by atoms with E-state index in [2.05, 4.69) is 43.1 Å². The van der Waals surface area contributed by atoms with Crippen molar-refractivity contribution in [3.63, 3.8) is 0 Å². The van der Waals surface area contributed by atoms with Crippen molar-refractivity contribution >= 4 is 5.91 Å².